The Morgan fingerprint density at radius 2 is 1.97 bits per heavy atom. The van der Waals surface area contributed by atoms with Crippen LogP contribution in [0.5, 0.6) is 0 Å². The lowest BCUT2D eigenvalue weighted by Crippen LogP contribution is -2.29. The smallest absolute Gasteiger partial charge is 0.267 e. The Balaban J connectivity index is 1.38. The molecule has 0 atom stereocenters. The Labute approximate surface area is 178 Å². The molecule has 3 aromatic heterocycles. The Morgan fingerprint density at radius 3 is 2.81 bits per heavy atom. The van der Waals surface area contributed by atoms with Crippen LogP contribution in [0.3, 0.4) is 0 Å². The highest BCUT2D eigenvalue weighted by molar-refractivity contribution is 5.94. The SMILES string of the molecule is O=C(Cn1nc(-c2ccco2)ccc1=O)Nc1ccccc1-c1cn2c(n1)CCCC2. The van der Waals surface area contributed by atoms with E-state index in [2.05, 4.69) is 15.0 Å². The number of benzene rings is 1. The standard InChI is InChI=1S/C23H21N5O3/c29-22(15-28-23(30)11-10-18(26-28)20-8-5-13-31-20)25-17-7-2-1-6-16(17)19-14-27-12-4-3-9-21(27)24-19/h1-2,5-8,10-11,13-14H,3-4,9,12,15H2,(H,25,29). The summed E-state index contributed by atoms with van der Waals surface area (Å²) in [6.07, 6.45) is 6.84. The molecule has 0 fully saturated rings. The summed E-state index contributed by atoms with van der Waals surface area (Å²) in [6, 6.07) is 14.0. The summed E-state index contributed by atoms with van der Waals surface area (Å²) in [4.78, 5) is 29.7. The molecule has 0 radical (unpaired) electrons. The van der Waals surface area contributed by atoms with E-state index in [9.17, 15) is 9.59 Å². The maximum atomic E-state index is 12.8. The first-order valence-corrected chi connectivity index (χ1v) is 10.2. The molecule has 1 aromatic carbocycles. The molecule has 1 aliphatic rings. The minimum atomic E-state index is -0.361. The van der Waals surface area contributed by atoms with E-state index in [0.717, 1.165) is 47.6 Å². The van der Waals surface area contributed by atoms with Crippen LogP contribution in [0.25, 0.3) is 22.7 Å². The Kier molecular flexibility index (Phi) is 4.95. The van der Waals surface area contributed by atoms with Gasteiger partial charge in [0.2, 0.25) is 5.91 Å². The van der Waals surface area contributed by atoms with Gasteiger partial charge in [0.05, 0.1) is 17.6 Å². The fourth-order valence-corrected chi connectivity index (χ4v) is 3.80. The van der Waals surface area contributed by atoms with Gasteiger partial charge in [-0.25, -0.2) is 9.67 Å². The van der Waals surface area contributed by atoms with E-state index in [1.807, 2.05) is 30.5 Å². The van der Waals surface area contributed by atoms with Gasteiger partial charge in [0, 0.05) is 30.8 Å². The van der Waals surface area contributed by atoms with Gasteiger partial charge in [0.15, 0.2) is 5.76 Å². The third kappa shape index (κ3) is 3.92. The van der Waals surface area contributed by atoms with Gasteiger partial charge >= 0.3 is 0 Å². The van der Waals surface area contributed by atoms with E-state index < -0.39 is 0 Å². The molecule has 5 rings (SSSR count). The first-order valence-electron chi connectivity index (χ1n) is 10.2. The monoisotopic (exact) mass is 415 g/mol. The molecule has 4 heterocycles. The maximum absolute atomic E-state index is 12.8. The number of hydrogen-bond acceptors (Lipinski definition) is 5. The third-order valence-electron chi connectivity index (χ3n) is 5.32. The number of anilines is 1. The van der Waals surface area contributed by atoms with E-state index in [-0.39, 0.29) is 18.0 Å². The molecule has 156 valence electrons. The van der Waals surface area contributed by atoms with Crippen molar-refractivity contribution in [3.63, 3.8) is 0 Å². The Hall–Kier alpha value is -3.94. The summed E-state index contributed by atoms with van der Waals surface area (Å²) in [7, 11) is 0. The van der Waals surface area contributed by atoms with Crippen molar-refractivity contribution in [2.24, 2.45) is 0 Å². The summed E-state index contributed by atoms with van der Waals surface area (Å²) in [6.45, 7) is 0.763. The molecule has 0 bridgehead atoms. The first kappa shape index (κ1) is 19.0. The van der Waals surface area contributed by atoms with Crippen LogP contribution in [-0.4, -0.2) is 25.2 Å². The van der Waals surface area contributed by atoms with Crippen LogP contribution in [0.1, 0.15) is 18.7 Å². The van der Waals surface area contributed by atoms with Crippen molar-refractivity contribution >= 4 is 11.6 Å². The lowest BCUT2D eigenvalue weighted by atomic mass is 10.1. The van der Waals surface area contributed by atoms with Gasteiger partial charge in [-0.2, -0.15) is 5.10 Å². The van der Waals surface area contributed by atoms with Crippen molar-refractivity contribution in [3.05, 3.63) is 77.2 Å². The van der Waals surface area contributed by atoms with Crippen LogP contribution >= 0.6 is 0 Å². The van der Waals surface area contributed by atoms with E-state index in [1.54, 1.807) is 18.2 Å². The molecular weight excluding hydrogens is 394 g/mol. The summed E-state index contributed by atoms with van der Waals surface area (Å²) in [5.41, 5.74) is 2.46. The topological polar surface area (TPSA) is 95.0 Å². The number of amides is 1. The van der Waals surface area contributed by atoms with Crippen LogP contribution < -0.4 is 10.9 Å². The molecular formula is C23H21N5O3. The zero-order valence-corrected chi connectivity index (χ0v) is 16.8. The number of nitrogens with one attached hydrogen (secondary N) is 1. The molecule has 0 unspecified atom stereocenters. The normalized spacial score (nSPS) is 13.0. The van der Waals surface area contributed by atoms with Gasteiger partial charge in [0.25, 0.3) is 5.56 Å². The highest BCUT2D eigenvalue weighted by atomic mass is 16.3. The predicted octanol–water partition coefficient (Wildman–Crippen LogP) is 3.34. The number of carbonyl (C=O) groups is 1. The number of hydrogen-bond donors (Lipinski definition) is 1. The lowest BCUT2D eigenvalue weighted by Gasteiger charge is -2.11. The van der Waals surface area contributed by atoms with Gasteiger partial charge < -0.3 is 14.3 Å². The van der Waals surface area contributed by atoms with Gasteiger partial charge in [0.1, 0.15) is 18.1 Å². The maximum Gasteiger partial charge on any atom is 0.267 e. The molecule has 0 saturated carbocycles. The quantitative estimate of drug-likeness (QED) is 0.539. The second-order valence-corrected chi connectivity index (χ2v) is 7.48. The molecule has 1 aliphatic heterocycles. The largest absolute Gasteiger partial charge is 0.463 e. The number of rotatable bonds is 5. The van der Waals surface area contributed by atoms with Crippen molar-refractivity contribution in [3.8, 4) is 22.7 Å². The average Bonchev–Trinajstić information content (AvgIpc) is 3.45. The fourth-order valence-electron chi connectivity index (χ4n) is 3.80. The first-order chi connectivity index (χ1) is 15.2. The highest BCUT2D eigenvalue weighted by Crippen LogP contribution is 2.29. The van der Waals surface area contributed by atoms with Gasteiger partial charge in [-0.3, -0.25) is 9.59 Å². The number of fused-ring (bicyclic) bond motifs is 1. The van der Waals surface area contributed by atoms with Crippen LogP contribution in [0.2, 0.25) is 0 Å². The summed E-state index contributed by atoms with van der Waals surface area (Å²) in [5.74, 6) is 1.26. The van der Waals surface area contributed by atoms with Gasteiger partial charge in [-0.15, -0.1) is 0 Å². The number of aromatic nitrogens is 4. The molecule has 1 amide bonds. The van der Waals surface area contributed by atoms with Crippen molar-refractivity contribution in [2.45, 2.75) is 32.4 Å². The van der Waals surface area contributed by atoms with Crippen molar-refractivity contribution in [1.29, 1.82) is 0 Å². The van der Waals surface area contributed by atoms with Crippen molar-refractivity contribution in [1.82, 2.24) is 19.3 Å². The number of carbonyl (C=O) groups excluding carboxylic acids is 1. The molecule has 0 spiro atoms. The van der Waals surface area contributed by atoms with Crippen LogP contribution in [0, 0.1) is 0 Å². The molecule has 0 saturated heterocycles. The van der Waals surface area contributed by atoms with E-state index in [4.69, 9.17) is 9.40 Å². The zero-order valence-electron chi connectivity index (χ0n) is 16.8. The number of furan rings is 1. The van der Waals surface area contributed by atoms with E-state index >= 15 is 0 Å². The van der Waals surface area contributed by atoms with Crippen LogP contribution in [0.4, 0.5) is 5.69 Å². The average molecular weight is 415 g/mol. The molecule has 0 aliphatic carbocycles. The van der Waals surface area contributed by atoms with E-state index in [0.29, 0.717) is 17.1 Å². The van der Waals surface area contributed by atoms with E-state index in [1.165, 1.54) is 12.3 Å². The number of imidazole rings is 1. The van der Waals surface area contributed by atoms with Gasteiger partial charge in [-0.1, -0.05) is 18.2 Å². The second-order valence-electron chi connectivity index (χ2n) is 7.48. The number of nitrogens with zero attached hydrogens (tertiary/aromatic N) is 4. The summed E-state index contributed by atoms with van der Waals surface area (Å²) < 4.78 is 8.64. The Bertz CT molecular complexity index is 1260. The van der Waals surface area contributed by atoms with Crippen molar-refractivity contribution in [2.75, 3.05) is 5.32 Å². The summed E-state index contributed by atoms with van der Waals surface area (Å²) >= 11 is 0. The third-order valence-corrected chi connectivity index (χ3v) is 5.32. The zero-order chi connectivity index (χ0) is 21.2. The van der Waals surface area contributed by atoms with Gasteiger partial charge in [-0.05, 0) is 37.1 Å². The fraction of sp³-hybridized carbons (Fsp3) is 0.217. The van der Waals surface area contributed by atoms with Crippen LogP contribution in [-0.2, 0) is 24.3 Å². The predicted molar refractivity (Wildman–Crippen MR) is 115 cm³/mol. The second kappa shape index (κ2) is 8.06. The molecule has 1 N–H and O–H groups in total. The number of para-hydroxylation sites is 1. The number of aryl methyl sites for hydroxylation is 2. The lowest BCUT2D eigenvalue weighted by molar-refractivity contribution is -0.117. The highest BCUT2D eigenvalue weighted by Gasteiger charge is 2.17. The summed E-state index contributed by atoms with van der Waals surface area (Å²) in [5, 5.41) is 7.16. The Morgan fingerprint density at radius 1 is 1.06 bits per heavy atom. The van der Waals surface area contributed by atoms with Crippen LogP contribution in [0.15, 0.2) is 70.2 Å². The molecule has 8 nitrogen and oxygen atoms in total. The molecule has 8 heteroatoms. The minimum absolute atomic E-state index is 0.207. The minimum Gasteiger partial charge on any atom is -0.463 e. The molecule has 4 aromatic rings. The van der Waals surface area contributed by atoms with Crippen molar-refractivity contribution < 1.29 is 9.21 Å². The molecule has 31 heavy (non-hydrogen) atoms.